The fourth-order valence-corrected chi connectivity index (χ4v) is 2.81. The van der Waals surface area contributed by atoms with Crippen molar-refractivity contribution >= 4 is 40.8 Å². The molecule has 2 rings (SSSR count). The highest BCUT2D eigenvalue weighted by Crippen LogP contribution is 2.35. The van der Waals surface area contributed by atoms with Crippen molar-refractivity contribution in [3.05, 3.63) is 28.5 Å². The Morgan fingerprint density at radius 2 is 2.16 bits per heavy atom. The van der Waals surface area contributed by atoms with Crippen LogP contribution in [0.3, 0.4) is 0 Å². The molecule has 102 valence electrons. The molecule has 19 heavy (non-hydrogen) atoms. The Labute approximate surface area is 126 Å². The van der Waals surface area contributed by atoms with Gasteiger partial charge < -0.3 is 5.32 Å². The fourth-order valence-electron chi connectivity index (χ4n) is 1.45. The number of anilines is 1. The van der Waals surface area contributed by atoms with Gasteiger partial charge in [-0.1, -0.05) is 41.9 Å². The molecule has 0 amide bonds. The van der Waals surface area contributed by atoms with E-state index in [4.69, 9.17) is 23.2 Å². The van der Waals surface area contributed by atoms with Gasteiger partial charge in [0.1, 0.15) is 10.8 Å². The van der Waals surface area contributed by atoms with Crippen LogP contribution in [-0.2, 0) is 7.05 Å². The number of hydrogen-bond donors (Lipinski definition) is 1. The average Bonchev–Trinajstić information content (AvgIpc) is 2.77. The molecule has 0 radical (unpaired) electrons. The summed E-state index contributed by atoms with van der Waals surface area (Å²) in [5.74, 6) is 0.666. The normalized spacial score (nSPS) is 10.7. The number of halogens is 2. The summed E-state index contributed by atoms with van der Waals surface area (Å²) in [5, 5.41) is 9.10. The number of nitrogens with zero attached hydrogens (tertiary/aromatic N) is 3. The molecule has 0 saturated heterocycles. The predicted molar refractivity (Wildman–Crippen MR) is 80.4 cm³/mol. The Kier molecular flexibility index (Phi) is 4.96. The van der Waals surface area contributed by atoms with Crippen molar-refractivity contribution in [2.75, 3.05) is 11.9 Å². The van der Waals surface area contributed by atoms with Crippen LogP contribution in [-0.4, -0.2) is 21.3 Å². The third kappa shape index (κ3) is 3.78. The average molecular weight is 317 g/mol. The maximum atomic E-state index is 6.17. The number of pyridine rings is 1. The zero-order chi connectivity index (χ0) is 13.8. The highest BCUT2D eigenvalue weighted by atomic mass is 35.5. The van der Waals surface area contributed by atoms with Crippen LogP contribution in [0.1, 0.15) is 13.3 Å². The highest BCUT2D eigenvalue weighted by Gasteiger charge is 2.11. The second-order valence-corrected chi connectivity index (χ2v) is 5.86. The van der Waals surface area contributed by atoms with Crippen LogP contribution in [0.25, 0.3) is 0 Å². The zero-order valence-electron chi connectivity index (χ0n) is 10.7. The van der Waals surface area contributed by atoms with E-state index in [2.05, 4.69) is 22.3 Å². The second-order valence-electron chi connectivity index (χ2n) is 3.98. The second kappa shape index (κ2) is 6.50. The Hall–Kier alpha value is -0.910. The molecule has 1 N–H and O–H groups in total. The highest BCUT2D eigenvalue weighted by molar-refractivity contribution is 7.99. The maximum absolute atomic E-state index is 6.17. The minimum Gasteiger partial charge on any atom is -0.369 e. The quantitative estimate of drug-likeness (QED) is 0.902. The molecule has 7 heteroatoms. The summed E-state index contributed by atoms with van der Waals surface area (Å²) >= 11 is 13.7. The largest absolute Gasteiger partial charge is 0.369 e. The fraction of sp³-hybridized carbons (Fsp3) is 0.333. The van der Waals surface area contributed by atoms with Crippen molar-refractivity contribution in [2.45, 2.75) is 23.3 Å². The van der Waals surface area contributed by atoms with Crippen molar-refractivity contribution in [2.24, 2.45) is 7.05 Å². The van der Waals surface area contributed by atoms with Crippen molar-refractivity contribution in [1.29, 1.82) is 0 Å². The molecule has 0 saturated carbocycles. The summed E-state index contributed by atoms with van der Waals surface area (Å²) in [5.41, 5.74) is 0. The van der Waals surface area contributed by atoms with Gasteiger partial charge in [0.2, 0.25) is 0 Å². The molecule has 2 aromatic heterocycles. The summed E-state index contributed by atoms with van der Waals surface area (Å²) < 4.78 is 1.74. The summed E-state index contributed by atoms with van der Waals surface area (Å²) in [7, 11) is 1.87. The standard InChI is InChI=1S/C12H14Cl2N4S/c1-3-4-15-11-9(13)5-10(14)12(17-11)19-8-6-16-18(2)7-8/h5-7H,3-4H2,1-2H3,(H,15,17). The number of aryl methyl sites for hydroxylation is 1. The van der Waals surface area contributed by atoms with Gasteiger partial charge in [-0.3, -0.25) is 4.68 Å². The molecule has 0 unspecified atom stereocenters. The van der Waals surface area contributed by atoms with Gasteiger partial charge >= 0.3 is 0 Å². The van der Waals surface area contributed by atoms with Gasteiger partial charge in [0.05, 0.1) is 21.1 Å². The van der Waals surface area contributed by atoms with E-state index in [-0.39, 0.29) is 0 Å². The van der Waals surface area contributed by atoms with Crippen molar-refractivity contribution < 1.29 is 0 Å². The van der Waals surface area contributed by atoms with E-state index in [0.717, 1.165) is 22.9 Å². The van der Waals surface area contributed by atoms with E-state index >= 15 is 0 Å². The maximum Gasteiger partial charge on any atom is 0.146 e. The lowest BCUT2D eigenvalue weighted by molar-refractivity contribution is 0.766. The zero-order valence-corrected chi connectivity index (χ0v) is 13.0. The summed E-state index contributed by atoms with van der Waals surface area (Å²) in [6.45, 7) is 2.91. The Morgan fingerprint density at radius 3 is 2.79 bits per heavy atom. The topological polar surface area (TPSA) is 42.7 Å². The van der Waals surface area contributed by atoms with Gasteiger partial charge in [0, 0.05) is 19.8 Å². The van der Waals surface area contributed by atoms with Crippen molar-refractivity contribution in [3.63, 3.8) is 0 Å². The molecule has 0 spiro atoms. The number of nitrogens with one attached hydrogen (secondary N) is 1. The van der Waals surface area contributed by atoms with E-state index in [9.17, 15) is 0 Å². The van der Waals surface area contributed by atoms with Gasteiger partial charge in [-0.15, -0.1) is 0 Å². The monoisotopic (exact) mass is 316 g/mol. The molecule has 2 aromatic rings. The Balaban J connectivity index is 2.24. The molecule has 2 heterocycles. The minimum atomic E-state index is 0.536. The lowest BCUT2D eigenvalue weighted by atomic mass is 10.4. The smallest absolute Gasteiger partial charge is 0.146 e. The van der Waals surface area contributed by atoms with E-state index in [0.29, 0.717) is 15.9 Å². The van der Waals surface area contributed by atoms with Crippen molar-refractivity contribution in [1.82, 2.24) is 14.8 Å². The first-order chi connectivity index (χ1) is 9.10. The number of hydrogen-bond acceptors (Lipinski definition) is 4. The van der Waals surface area contributed by atoms with Crippen LogP contribution in [0, 0.1) is 0 Å². The molecule has 0 aliphatic heterocycles. The van der Waals surface area contributed by atoms with E-state index in [1.165, 1.54) is 11.8 Å². The van der Waals surface area contributed by atoms with E-state index in [1.54, 1.807) is 16.9 Å². The van der Waals surface area contributed by atoms with Crippen LogP contribution < -0.4 is 5.32 Å². The SMILES string of the molecule is CCCNc1nc(Sc2cnn(C)c2)c(Cl)cc1Cl. The summed E-state index contributed by atoms with van der Waals surface area (Å²) in [4.78, 5) is 5.45. The molecule has 0 atom stereocenters. The minimum absolute atomic E-state index is 0.536. The van der Waals surface area contributed by atoms with Crippen molar-refractivity contribution in [3.8, 4) is 0 Å². The number of aromatic nitrogens is 3. The van der Waals surface area contributed by atoms with Crippen LogP contribution in [0.5, 0.6) is 0 Å². The van der Waals surface area contributed by atoms with Crippen LogP contribution in [0.4, 0.5) is 5.82 Å². The Bertz CT molecular complexity index is 571. The van der Waals surface area contributed by atoms with E-state index in [1.807, 2.05) is 13.2 Å². The number of rotatable bonds is 5. The summed E-state index contributed by atoms with van der Waals surface area (Å²) in [6.07, 6.45) is 4.69. The molecule has 0 aliphatic carbocycles. The van der Waals surface area contributed by atoms with Gasteiger partial charge in [-0.05, 0) is 12.5 Å². The molecule has 0 aromatic carbocycles. The molecule has 4 nitrogen and oxygen atoms in total. The third-order valence-corrected chi connectivity index (χ3v) is 3.97. The van der Waals surface area contributed by atoms with E-state index < -0.39 is 0 Å². The van der Waals surface area contributed by atoms with Gasteiger partial charge in [0.15, 0.2) is 0 Å². The van der Waals surface area contributed by atoms with Crippen LogP contribution in [0.2, 0.25) is 10.0 Å². The molecular formula is C12H14Cl2N4S. The lowest BCUT2D eigenvalue weighted by Crippen LogP contribution is -2.03. The lowest BCUT2D eigenvalue weighted by Gasteiger charge is -2.09. The molecule has 0 fully saturated rings. The van der Waals surface area contributed by atoms with Gasteiger partial charge in [0.25, 0.3) is 0 Å². The third-order valence-electron chi connectivity index (χ3n) is 2.34. The van der Waals surface area contributed by atoms with Gasteiger partial charge in [-0.2, -0.15) is 5.10 Å². The first kappa shape index (κ1) is 14.5. The predicted octanol–water partition coefficient (Wildman–Crippen LogP) is 4.10. The van der Waals surface area contributed by atoms with Crippen LogP contribution in [0.15, 0.2) is 28.4 Å². The van der Waals surface area contributed by atoms with Crippen LogP contribution >= 0.6 is 35.0 Å². The molecular weight excluding hydrogens is 303 g/mol. The first-order valence-corrected chi connectivity index (χ1v) is 7.43. The van der Waals surface area contributed by atoms with Gasteiger partial charge in [-0.25, -0.2) is 4.98 Å². The Morgan fingerprint density at radius 1 is 1.37 bits per heavy atom. The molecule has 0 aliphatic rings. The summed E-state index contributed by atoms with van der Waals surface area (Å²) in [6, 6.07) is 1.72. The molecule has 0 bridgehead atoms. The first-order valence-electron chi connectivity index (χ1n) is 5.86.